The van der Waals surface area contributed by atoms with Crippen molar-refractivity contribution in [3.63, 3.8) is 0 Å². The van der Waals surface area contributed by atoms with E-state index in [4.69, 9.17) is 37.0 Å². The molecule has 0 aliphatic heterocycles. The molecule has 3 N–H and O–H groups in total. The SMILES string of the molecule is CCC(C)CCCCCCCCCCCCCCCCC(=O)OC[C@H](COP(=O)(O)OCC(O)COP(=O)(O)OC[C@@H](COC(=O)CCCCCCCCCC(C)C)OC(=O)CCCCCCCCCC(C)C)OC(=O)CCCCCCCCCCC(C)C. The minimum atomic E-state index is -4.95. The number of hydrogen-bond donors (Lipinski definition) is 3. The van der Waals surface area contributed by atoms with Gasteiger partial charge in [-0.05, 0) is 49.4 Å². The first-order valence-electron chi connectivity index (χ1n) is 36.2. The molecule has 0 heterocycles. The topological polar surface area (TPSA) is 237 Å². The Hall–Kier alpha value is -1.94. The predicted octanol–water partition coefficient (Wildman–Crippen LogP) is 19.7. The van der Waals surface area contributed by atoms with Crippen LogP contribution in [0.5, 0.6) is 0 Å². The van der Waals surface area contributed by atoms with Crippen LogP contribution in [0.4, 0.5) is 0 Å². The molecule has 0 radical (unpaired) electrons. The standard InChI is InChI=1S/C70H136O17P2/c1-9-63(8)49-41-33-25-16-14-12-10-11-13-15-17-26-34-42-50-67(72)80-56-65(86-69(74)52-44-36-27-19-18-22-30-38-46-60(2)3)58-84-88(76,77)82-54-64(71)55-83-89(78,79)85-59-66(87-70(75)53-45-37-29-21-24-32-40-48-62(6)7)57-81-68(73)51-43-35-28-20-23-31-39-47-61(4)5/h60-66,71H,9-59H2,1-8H3,(H,76,77)(H,78,79)/t63?,64?,65-,66-/m1/s1. The smallest absolute Gasteiger partial charge is 0.462 e. The van der Waals surface area contributed by atoms with Gasteiger partial charge in [-0.2, -0.15) is 0 Å². The van der Waals surface area contributed by atoms with E-state index in [-0.39, 0.29) is 25.7 Å². The van der Waals surface area contributed by atoms with Gasteiger partial charge in [-0.25, -0.2) is 9.13 Å². The maximum Gasteiger partial charge on any atom is 0.472 e. The van der Waals surface area contributed by atoms with Gasteiger partial charge in [-0.15, -0.1) is 0 Å². The first kappa shape index (κ1) is 87.1. The minimum Gasteiger partial charge on any atom is -0.462 e. The Morgan fingerprint density at radius 1 is 0.315 bits per heavy atom. The van der Waals surface area contributed by atoms with Gasteiger partial charge in [0, 0.05) is 25.7 Å². The van der Waals surface area contributed by atoms with E-state index in [9.17, 15) is 43.2 Å². The number of esters is 4. The molecular weight excluding hydrogens is 1170 g/mol. The lowest BCUT2D eigenvalue weighted by Gasteiger charge is -2.21. The fraction of sp³-hybridized carbons (Fsp3) is 0.943. The maximum atomic E-state index is 13.0. The second kappa shape index (κ2) is 59.8. The van der Waals surface area contributed by atoms with E-state index in [1.165, 1.54) is 141 Å². The van der Waals surface area contributed by atoms with E-state index in [0.717, 1.165) is 108 Å². The zero-order chi connectivity index (χ0) is 66.1. The Balaban J connectivity index is 5.20. The summed E-state index contributed by atoms with van der Waals surface area (Å²) in [7, 11) is -9.90. The quantitative estimate of drug-likeness (QED) is 0.0222. The third-order valence-electron chi connectivity index (χ3n) is 16.4. The molecule has 0 aromatic heterocycles. The fourth-order valence-electron chi connectivity index (χ4n) is 10.5. The van der Waals surface area contributed by atoms with E-state index in [1.54, 1.807) is 0 Å². The summed E-state index contributed by atoms with van der Waals surface area (Å²) < 4.78 is 68.2. The van der Waals surface area contributed by atoms with Crippen molar-refractivity contribution >= 4 is 39.5 Å². The van der Waals surface area contributed by atoms with Crippen molar-refractivity contribution in [2.75, 3.05) is 39.6 Å². The van der Waals surface area contributed by atoms with Gasteiger partial charge in [0.15, 0.2) is 12.2 Å². The molecule has 89 heavy (non-hydrogen) atoms. The molecule has 0 aromatic carbocycles. The molecule has 0 spiro atoms. The number of ether oxygens (including phenoxy) is 4. The summed E-state index contributed by atoms with van der Waals surface area (Å²) in [6, 6.07) is 0. The second-order valence-electron chi connectivity index (χ2n) is 26.9. The van der Waals surface area contributed by atoms with Crippen molar-refractivity contribution in [3.05, 3.63) is 0 Å². The molecule has 19 heteroatoms. The average Bonchev–Trinajstić information content (AvgIpc) is 3.54. The molecule has 0 saturated carbocycles. The Morgan fingerprint density at radius 3 is 0.798 bits per heavy atom. The number of carbonyl (C=O) groups excluding carboxylic acids is 4. The fourth-order valence-corrected chi connectivity index (χ4v) is 12.0. The van der Waals surface area contributed by atoms with Crippen molar-refractivity contribution in [1.29, 1.82) is 0 Å². The molecule has 0 amide bonds. The first-order valence-corrected chi connectivity index (χ1v) is 39.2. The molecule has 0 rings (SSSR count). The molecule has 0 saturated heterocycles. The van der Waals surface area contributed by atoms with Crippen molar-refractivity contribution in [3.8, 4) is 0 Å². The van der Waals surface area contributed by atoms with Crippen LogP contribution < -0.4 is 0 Å². The summed E-state index contributed by atoms with van der Waals surface area (Å²) in [6.45, 7) is 14.0. The molecule has 4 unspecified atom stereocenters. The van der Waals surface area contributed by atoms with Crippen molar-refractivity contribution in [2.24, 2.45) is 23.7 Å². The largest absolute Gasteiger partial charge is 0.472 e. The van der Waals surface area contributed by atoms with Crippen LogP contribution in [-0.4, -0.2) is 96.7 Å². The Morgan fingerprint density at radius 2 is 0.539 bits per heavy atom. The number of unbranched alkanes of at least 4 members (excludes halogenated alkanes) is 32. The first-order chi connectivity index (χ1) is 42.6. The molecule has 528 valence electrons. The Kier molecular flexibility index (Phi) is 58.5. The Bertz CT molecular complexity index is 1770. The van der Waals surface area contributed by atoms with Gasteiger partial charge in [-0.3, -0.25) is 37.3 Å². The highest BCUT2D eigenvalue weighted by atomic mass is 31.2. The number of aliphatic hydroxyl groups excluding tert-OH is 1. The van der Waals surface area contributed by atoms with E-state index < -0.39 is 97.5 Å². The summed E-state index contributed by atoms with van der Waals surface area (Å²) in [5.74, 6) is 0.835. The van der Waals surface area contributed by atoms with E-state index in [0.29, 0.717) is 37.5 Å². The number of phosphoric ester groups is 2. The highest BCUT2D eigenvalue weighted by Gasteiger charge is 2.30. The van der Waals surface area contributed by atoms with E-state index >= 15 is 0 Å². The molecular formula is C70H136O17P2. The molecule has 0 bridgehead atoms. The van der Waals surface area contributed by atoms with Gasteiger partial charge in [0.1, 0.15) is 19.3 Å². The summed E-state index contributed by atoms with van der Waals surface area (Å²) in [5, 5.41) is 10.6. The van der Waals surface area contributed by atoms with Gasteiger partial charge in [0.2, 0.25) is 0 Å². The number of phosphoric acid groups is 2. The maximum absolute atomic E-state index is 13.0. The normalized spacial score (nSPS) is 14.6. The molecule has 0 aliphatic carbocycles. The van der Waals surface area contributed by atoms with Gasteiger partial charge in [-0.1, -0.05) is 293 Å². The highest BCUT2D eigenvalue weighted by Crippen LogP contribution is 2.45. The van der Waals surface area contributed by atoms with Crippen LogP contribution in [0.25, 0.3) is 0 Å². The van der Waals surface area contributed by atoms with Gasteiger partial charge in [0.25, 0.3) is 0 Å². The van der Waals surface area contributed by atoms with Crippen LogP contribution in [0.2, 0.25) is 0 Å². The average molecular weight is 1310 g/mol. The molecule has 0 aliphatic rings. The lowest BCUT2D eigenvalue weighted by atomic mass is 9.99. The van der Waals surface area contributed by atoms with Crippen molar-refractivity contribution < 1.29 is 80.2 Å². The molecule has 6 atom stereocenters. The number of hydrogen-bond acceptors (Lipinski definition) is 15. The number of aliphatic hydroxyl groups is 1. The van der Waals surface area contributed by atoms with Crippen LogP contribution in [0, 0.1) is 23.7 Å². The number of rotatable bonds is 67. The minimum absolute atomic E-state index is 0.102. The summed E-state index contributed by atoms with van der Waals surface area (Å²) in [5.41, 5.74) is 0. The Labute approximate surface area is 543 Å². The van der Waals surface area contributed by atoms with Gasteiger partial charge in [0.05, 0.1) is 26.4 Å². The molecule has 0 aromatic rings. The number of carbonyl (C=O) groups is 4. The zero-order valence-corrected chi connectivity index (χ0v) is 59.8. The monoisotopic (exact) mass is 1310 g/mol. The zero-order valence-electron chi connectivity index (χ0n) is 58.1. The van der Waals surface area contributed by atoms with E-state index in [2.05, 4.69) is 55.4 Å². The lowest BCUT2D eigenvalue weighted by Crippen LogP contribution is -2.30. The van der Waals surface area contributed by atoms with Crippen molar-refractivity contribution in [2.45, 2.75) is 363 Å². The molecule has 0 fully saturated rings. The third kappa shape index (κ3) is 63.2. The predicted molar refractivity (Wildman–Crippen MR) is 358 cm³/mol. The van der Waals surface area contributed by atoms with Crippen LogP contribution in [-0.2, 0) is 65.4 Å². The summed E-state index contributed by atoms with van der Waals surface area (Å²) >= 11 is 0. The summed E-state index contributed by atoms with van der Waals surface area (Å²) in [6.07, 6.45) is 41.9. The van der Waals surface area contributed by atoms with Crippen LogP contribution in [0.3, 0.4) is 0 Å². The lowest BCUT2D eigenvalue weighted by molar-refractivity contribution is -0.161. The third-order valence-corrected chi connectivity index (χ3v) is 18.3. The van der Waals surface area contributed by atoms with Crippen LogP contribution in [0.1, 0.15) is 344 Å². The summed E-state index contributed by atoms with van der Waals surface area (Å²) in [4.78, 5) is 72.5. The highest BCUT2D eigenvalue weighted by molar-refractivity contribution is 7.47. The van der Waals surface area contributed by atoms with Gasteiger partial charge >= 0.3 is 39.5 Å². The van der Waals surface area contributed by atoms with Crippen LogP contribution in [0.15, 0.2) is 0 Å². The van der Waals surface area contributed by atoms with E-state index in [1.807, 2.05) is 0 Å². The van der Waals surface area contributed by atoms with Gasteiger partial charge < -0.3 is 33.8 Å². The molecule has 17 nitrogen and oxygen atoms in total. The second-order valence-corrected chi connectivity index (χ2v) is 29.8. The van der Waals surface area contributed by atoms with Crippen molar-refractivity contribution in [1.82, 2.24) is 0 Å². The van der Waals surface area contributed by atoms with Crippen LogP contribution >= 0.6 is 15.6 Å².